The second-order valence-electron chi connectivity index (χ2n) is 17.7. The summed E-state index contributed by atoms with van der Waals surface area (Å²) in [6.45, 7) is 0. The van der Waals surface area contributed by atoms with Gasteiger partial charge in [-0.05, 0) is 132 Å². The lowest BCUT2D eigenvalue weighted by Crippen LogP contribution is -2.11. The van der Waals surface area contributed by atoms with Crippen LogP contribution in [0.3, 0.4) is 0 Å². The number of hydrogen-bond acceptors (Lipinski definition) is 1. The Morgan fingerprint density at radius 2 is 0.809 bits per heavy atom. The van der Waals surface area contributed by atoms with Crippen molar-refractivity contribution in [2.45, 2.75) is 0 Å². The monoisotopic (exact) mass is 864 g/mol. The summed E-state index contributed by atoms with van der Waals surface area (Å²) in [6.07, 6.45) is 0. The topological polar surface area (TPSA) is 8.17 Å². The van der Waals surface area contributed by atoms with Crippen molar-refractivity contribution in [2.24, 2.45) is 0 Å². The Labute approximate surface area is 395 Å². The molecule has 2 heteroatoms. The highest BCUT2D eigenvalue weighted by Gasteiger charge is 2.20. The molecule has 0 spiro atoms. The molecule has 1 aromatic heterocycles. The molecule has 12 aromatic carbocycles. The number of rotatable bonds is 8. The van der Waals surface area contributed by atoms with E-state index in [1.165, 1.54) is 76.4 Å². The van der Waals surface area contributed by atoms with Crippen LogP contribution in [0.1, 0.15) is 0 Å². The van der Waals surface area contributed by atoms with E-state index in [-0.39, 0.29) is 0 Å². The van der Waals surface area contributed by atoms with E-state index in [0.29, 0.717) is 0 Å². The molecule has 0 aliphatic heterocycles. The predicted octanol–water partition coefficient (Wildman–Crippen LogP) is 18.4. The van der Waals surface area contributed by atoms with Gasteiger partial charge in [-0.1, -0.05) is 206 Å². The summed E-state index contributed by atoms with van der Waals surface area (Å²) in [7, 11) is 0. The first-order chi connectivity index (χ1) is 33.7. The van der Waals surface area contributed by atoms with Crippen LogP contribution in [0.4, 0.5) is 17.1 Å². The van der Waals surface area contributed by atoms with Crippen molar-refractivity contribution >= 4 is 71.2 Å². The van der Waals surface area contributed by atoms with Gasteiger partial charge in [-0.3, -0.25) is 0 Å². The van der Waals surface area contributed by atoms with Crippen LogP contribution in [0.15, 0.2) is 267 Å². The van der Waals surface area contributed by atoms with Gasteiger partial charge < -0.3 is 9.47 Å². The smallest absolute Gasteiger partial charge is 0.0547 e. The van der Waals surface area contributed by atoms with Gasteiger partial charge in [0.1, 0.15) is 0 Å². The molecule has 0 aliphatic rings. The lowest BCUT2D eigenvalue weighted by Gasteiger charge is -2.28. The summed E-state index contributed by atoms with van der Waals surface area (Å²) in [4.78, 5) is 2.42. The summed E-state index contributed by atoms with van der Waals surface area (Å²) in [5.74, 6) is 0. The Bertz CT molecular complexity index is 4010. The zero-order chi connectivity index (χ0) is 45.0. The third-order valence-corrected chi connectivity index (χ3v) is 13.8. The first-order valence-electron chi connectivity index (χ1n) is 23.4. The molecule has 0 fully saturated rings. The Hall–Kier alpha value is -8.98. The van der Waals surface area contributed by atoms with Gasteiger partial charge in [0.05, 0.1) is 16.7 Å². The largest absolute Gasteiger partial charge is 0.310 e. The van der Waals surface area contributed by atoms with Crippen molar-refractivity contribution < 1.29 is 0 Å². The van der Waals surface area contributed by atoms with Crippen LogP contribution in [0.2, 0.25) is 0 Å². The van der Waals surface area contributed by atoms with Gasteiger partial charge in [0.25, 0.3) is 0 Å². The molecule has 0 saturated carbocycles. The minimum atomic E-state index is 1.08. The van der Waals surface area contributed by atoms with Gasteiger partial charge in [0.15, 0.2) is 0 Å². The maximum atomic E-state index is 2.43. The van der Waals surface area contributed by atoms with E-state index in [2.05, 4.69) is 276 Å². The molecule has 0 aliphatic carbocycles. The Morgan fingerprint density at radius 3 is 1.65 bits per heavy atom. The zero-order valence-corrected chi connectivity index (χ0v) is 37.3. The van der Waals surface area contributed by atoms with E-state index in [0.717, 1.165) is 45.0 Å². The van der Waals surface area contributed by atoms with Crippen molar-refractivity contribution in [3.8, 4) is 50.2 Å². The van der Waals surface area contributed by atoms with Crippen LogP contribution in [-0.4, -0.2) is 4.57 Å². The molecule has 0 bridgehead atoms. The van der Waals surface area contributed by atoms with E-state index in [1.54, 1.807) is 0 Å². The maximum absolute atomic E-state index is 2.43. The molecule has 0 radical (unpaired) electrons. The minimum absolute atomic E-state index is 1.08. The maximum Gasteiger partial charge on any atom is 0.0547 e. The van der Waals surface area contributed by atoms with Crippen molar-refractivity contribution in [1.82, 2.24) is 4.57 Å². The first-order valence-corrected chi connectivity index (χ1v) is 23.4. The number of nitrogens with zero attached hydrogens (tertiary/aromatic N) is 2. The van der Waals surface area contributed by atoms with Crippen LogP contribution < -0.4 is 4.90 Å². The first kappa shape index (κ1) is 39.4. The van der Waals surface area contributed by atoms with Gasteiger partial charge in [-0.25, -0.2) is 0 Å². The average molecular weight is 865 g/mol. The second kappa shape index (κ2) is 16.5. The second-order valence-corrected chi connectivity index (χ2v) is 17.7. The van der Waals surface area contributed by atoms with Gasteiger partial charge in [-0.2, -0.15) is 0 Å². The van der Waals surface area contributed by atoms with Crippen molar-refractivity contribution in [3.63, 3.8) is 0 Å². The highest BCUT2D eigenvalue weighted by Crippen LogP contribution is 2.44. The molecular weight excluding hydrogens is 821 g/mol. The quantitative estimate of drug-likeness (QED) is 0.138. The molecule has 318 valence electrons. The molecule has 0 amide bonds. The lowest BCUT2D eigenvalue weighted by molar-refractivity contribution is 1.18. The van der Waals surface area contributed by atoms with Gasteiger partial charge in [-0.15, -0.1) is 0 Å². The van der Waals surface area contributed by atoms with Crippen molar-refractivity contribution in [1.29, 1.82) is 0 Å². The van der Waals surface area contributed by atoms with Crippen molar-refractivity contribution in [3.05, 3.63) is 267 Å². The molecule has 1 heterocycles. The highest BCUT2D eigenvalue weighted by molar-refractivity contribution is 6.21. The molecule has 13 rings (SSSR count). The lowest BCUT2D eigenvalue weighted by atomic mass is 9.96. The minimum Gasteiger partial charge on any atom is -0.310 e. The molecule has 2 nitrogen and oxygen atoms in total. The summed E-state index contributed by atoms with van der Waals surface area (Å²) in [5.41, 5.74) is 16.2. The third-order valence-electron chi connectivity index (χ3n) is 13.8. The van der Waals surface area contributed by atoms with E-state index in [9.17, 15) is 0 Å². The number of hydrogen-bond donors (Lipinski definition) is 0. The molecule has 13 aromatic rings. The van der Waals surface area contributed by atoms with Crippen LogP contribution in [-0.2, 0) is 0 Å². The molecule has 0 N–H and O–H groups in total. The molecule has 0 atom stereocenters. The fraction of sp³-hybridized carbons (Fsp3) is 0. The summed E-state index contributed by atoms with van der Waals surface area (Å²) in [5, 5.41) is 10.1. The van der Waals surface area contributed by atoms with Crippen LogP contribution in [0, 0.1) is 0 Å². The van der Waals surface area contributed by atoms with E-state index >= 15 is 0 Å². The number of anilines is 3. The molecule has 0 saturated heterocycles. The number of benzene rings is 12. The SMILES string of the molecule is c1ccc(-c2ccc(-c3ccccc3N(c3ccc(-c4ccc5c(ccc6ccccc65)c4)cc3)c3cccc(-c4cccc(-n5c6ccccc6c6c7ccccc7ccc65)c4)c3)cc2)cc1. The Kier molecular flexibility index (Phi) is 9.54. The van der Waals surface area contributed by atoms with Crippen molar-refractivity contribution in [2.75, 3.05) is 4.90 Å². The normalized spacial score (nSPS) is 11.5. The summed E-state index contributed by atoms with van der Waals surface area (Å²) < 4.78 is 2.43. The Morgan fingerprint density at radius 1 is 0.265 bits per heavy atom. The number of para-hydroxylation sites is 2. The average Bonchev–Trinajstić information content (AvgIpc) is 3.76. The van der Waals surface area contributed by atoms with Gasteiger partial charge in [0.2, 0.25) is 0 Å². The summed E-state index contributed by atoms with van der Waals surface area (Å²) in [6, 6.07) is 97.5. The predicted molar refractivity (Wildman–Crippen MR) is 290 cm³/mol. The fourth-order valence-electron chi connectivity index (χ4n) is 10.5. The van der Waals surface area contributed by atoms with Crippen LogP contribution >= 0.6 is 0 Å². The van der Waals surface area contributed by atoms with E-state index in [1.807, 2.05) is 0 Å². The third kappa shape index (κ3) is 6.82. The number of fused-ring (bicyclic) bond motifs is 8. The van der Waals surface area contributed by atoms with Crippen LogP contribution in [0.5, 0.6) is 0 Å². The standard InChI is InChI=1S/C66H44N2/c1-2-14-45(15-3-1)46-28-30-50(31-29-46)60-23-8-10-26-63(60)67(55-38-34-47(35-39-55)53-36-40-59-54(42-53)33-32-48-16-4-6-22-58(48)59)56-20-12-18-51(43-56)52-19-13-21-57(44-52)68-64-27-11-9-25-62(64)66-61-24-7-5-17-49(61)37-41-65(66)68/h1-44H. The zero-order valence-electron chi connectivity index (χ0n) is 37.3. The van der Waals surface area contributed by atoms with Crippen LogP contribution in [0.25, 0.3) is 104 Å². The van der Waals surface area contributed by atoms with Gasteiger partial charge >= 0.3 is 0 Å². The van der Waals surface area contributed by atoms with E-state index in [4.69, 9.17) is 0 Å². The Balaban J connectivity index is 0.928. The fourth-order valence-corrected chi connectivity index (χ4v) is 10.5. The van der Waals surface area contributed by atoms with Gasteiger partial charge in [0, 0.05) is 33.4 Å². The summed E-state index contributed by atoms with van der Waals surface area (Å²) >= 11 is 0. The molecule has 68 heavy (non-hydrogen) atoms. The number of aromatic nitrogens is 1. The molecule has 0 unspecified atom stereocenters. The van der Waals surface area contributed by atoms with E-state index < -0.39 is 0 Å². The molecular formula is C66H44N2. The highest BCUT2D eigenvalue weighted by atomic mass is 15.1.